The third-order valence-corrected chi connectivity index (χ3v) is 4.64. The normalized spacial score (nSPS) is 20.2. The molecule has 1 atom stereocenters. The smallest absolute Gasteiger partial charge is 0.170 e. The van der Waals surface area contributed by atoms with Crippen LogP contribution in [0.3, 0.4) is 0 Å². The second kappa shape index (κ2) is 6.44. The summed E-state index contributed by atoms with van der Waals surface area (Å²) < 4.78 is 32.7. The highest BCUT2D eigenvalue weighted by atomic mass is 19.1. The first-order chi connectivity index (χ1) is 12.1. The average Bonchev–Trinajstić information content (AvgIpc) is 2.61. The topological polar surface area (TPSA) is 41.6 Å². The third kappa shape index (κ3) is 3.22. The van der Waals surface area contributed by atoms with Crippen molar-refractivity contribution in [1.82, 2.24) is 5.32 Å². The van der Waals surface area contributed by atoms with E-state index in [9.17, 15) is 13.6 Å². The van der Waals surface area contributed by atoms with Crippen LogP contribution in [0.15, 0.2) is 36.4 Å². The standard InChI is InChI=1S/C19H18F2N2O2/c20-13-7-12(8-14(21)9-13)19-11-17(24)16-10-15(1-2-18(16)25-19)23-5-3-22-4-6-23/h1-2,7-10,19,22H,3-6,11H2. The lowest BCUT2D eigenvalue weighted by Gasteiger charge is -2.31. The van der Waals surface area contributed by atoms with Gasteiger partial charge in [0.25, 0.3) is 0 Å². The van der Waals surface area contributed by atoms with E-state index in [1.165, 1.54) is 12.1 Å². The zero-order chi connectivity index (χ0) is 17.4. The molecule has 25 heavy (non-hydrogen) atoms. The van der Waals surface area contributed by atoms with Gasteiger partial charge in [0.05, 0.1) is 12.0 Å². The molecule has 0 radical (unpaired) electrons. The number of nitrogens with zero attached hydrogens (tertiary/aromatic N) is 1. The van der Waals surface area contributed by atoms with Gasteiger partial charge in [0, 0.05) is 37.9 Å². The van der Waals surface area contributed by atoms with Gasteiger partial charge in [-0.2, -0.15) is 0 Å². The second-order valence-corrected chi connectivity index (χ2v) is 6.35. The number of hydrogen-bond donors (Lipinski definition) is 1. The molecular weight excluding hydrogens is 326 g/mol. The number of carbonyl (C=O) groups excluding carboxylic acids is 1. The van der Waals surface area contributed by atoms with Gasteiger partial charge in [-0.25, -0.2) is 8.78 Å². The van der Waals surface area contributed by atoms with Crippen molar-refractivity contribution in [2.75, 3.05) is 31.1 Å². The van der Waals surface area contributed by atoms with E-state index in [1.807, 2.05) is 12.1 Å². The van der Waals surface area contributed by atoms with E-state index in [1.54, 1.807) is 6.07 Å². The molecule has 1 saturated heterocycles. The number of piperazine rings is 1. The van der Waals surface area contributed by atoms with Gasteiger partial charge in [-0.15, -0.1) is 0 Å². The average molecular weight is 344 g/mol. The molecule has 0 spiro atoms. The Kier molecular flexibility index (Phi) is 4.13. The Hall–Kier alpha value is -2.47. The third-order valence-electron chi connectivity index (χ3n) is 4.64. The van der Waals surface area contributed by atoms with Crippen molar-refractivity contribution in [2.24, 2.45) is 0 Å². The summed E-state index contributed by atoms with van der Waals surface area (Å²) in [4.78, 5) is 14.8. The molecule has 0 aliphatic carbocycles. The molecule has 4 rings (SSSR count). The number of ether oxygens (including phenoxy) is 1. The predicted octanol–water partition coefficient (Wildman–Crippen LogP) is 3.08. The fraction of sp³-hybridized carbons (Fsp3) is 0.316. The number of Topliss-reactive ketones (excluding diaryl/α,β-unsaturated/α-hetero) is 1. The van der Waals surface area contributed by atoms with Crippen LogP contribution in [-0.4, -0.2) is 32.0 Å². The number of halogens is 2. The molecule has 0 saturated carbocycles. The molecule has 0 bridgehead atoms. The van der Waals surface area contributed by atoms with E-state index in [4.69, 9.17) is 4.74 Å². The molecule has 1 fully saturated rings. The number of ketones is 1. The Balaban J connectivity index is 1.61. The predicted molar refractivity (Wildman–Crippen MR) is 90.2 cm³/mol. The number of carbonyl (C=O) groups is 1. The lowest BCUT2D eigenvalue weighted by molar-refractivity contribution is 0.0849. The molecular formula is C19H18F2N2O2. The summed E-state index contributed by atoms with van der Waals surface area (Å²) in [5.74, 6) is -0.963. The van der Waals surface area contributed by atoms with Gasteiger partial charge in [-0.1, -0.05) is 0 Å². The highest BCUT2D eigenvalue weighted by Gasteiger charge is 2.29. The summed E-state index contributed by atoms with van der Waals surface area (Å²) in [7, 11) is 0. The first-order valence-corrected chi connectivity index (χ1v) is 8.36. The molecule has 1 N–H and O–H groups in total. The van der Waals surface area contributed by atoms with Crippen LogP contribution in [0.25, 0.3) is 0 Å². The Bertz CT molecular complexity index is 799. The number of hydrogen-bond acceptors (Lipinski definition) is 4. The molecule has 0 amide bonds. The summed E-state index contributed by atoms with van der Waals surface area (Å²) in [5.41, 5.74) is 1.86. The van der Waals surface area contributed by atoms with Crippen molar-refractivity contribution in [2.45, 2.75) is 12.5 Å². The lowest BCUT2D eigenvalue weighted by atomic mass is 9.95. The summed E-state index contributed by atoms with van der Waals surface area (Å²) >= 11 is 0. The van der Waals surface area contributed by atoms with Crippen LogP contribution in [0, 0.1) is 11.6 Å². The Morgan fingerprint density at radius 1 is 1.04 bits per heavy atom. The van der Waals surface area contributed by atoms with Crippen LogP contribution in [0.5, 0.6) is 5.75 Å². The van der Waals surface area contributed by atoms with Crippen molar-refractivity contribution in [3.05, 3.63) is 59.2 Å². The number of nitrogens with one attached hydrogen (secondary N) is 1. The number of rotatable bonds is 2. The Morgan fingerprint density at radius 3 is 2.48 bits per heavy atom. The van der Waals surface area contributed by atoms with Gasteiger partial charge in [0.15, 0.2) is 5.78 Å². The summed E-state index contributed by atoms with van der Waals surface area (Å²) in [6, 6.07) is 8.77. The minimum Gasteiger partial charge on any atom is -0.484 e. The Morgan fingerprint density at radius 2 is 1.76 bits per heavy atom. The van der Waals surface area contributed by atoms with E-state index in [-0.39, 0.29) is 12.2 Å². The van der Waals surface area contributed by atoms with Gasteiger partial charge in [-0.3, -0.25) is 4.79 Å². The van der Waals surface area contributed by atoms with Crippen LogP contribution in [0.1, 0.15) is 28.4 Å². The quantitative estimate of drug-likeness (QED) is 0.909. The van der Waals surface area contributed by atoms with Gasteiger partial charge < -0.3 is 15.0 Å². The van der Waals surface area contributed by atoms with Gasteiger partial charge in [0.2, 0.25) is 0 Å². The van der Waals surface area contributed by atoms with Crippen LogP contribution in [0.4, 0.5) is 14.5 Å². The van der Waals surface area contributed by atoms with Crippen LogP contribution >= 0.6 is 0 Å². The molecule has 4 nitrogen and oxygen atoms in total. The highest BCUT2D eigenvalue weighted by Crippen LogP contribution is 2.37. The zero-order valence-electron chi connectivity index (χ0n) is 13.6. The maximum Gasteiger partial charge on any atom is 0.170 e. The van der Waals surface area contributed by atoms with Crippen molar-refractivity contribution < 1.29 is 18.3 Å². The molecule has 2 aromatic rings. The number of anilines is 1. The molecule has 2 aliphatic rings. The summed E-state index contributed by atoms with van der Waals surface area (Å²) in [6.45, 7) is 3.60. The van der Waals surface area contributed by atoms with E-state index in [0.717, 1.165) is 37.9 Å². The van der Waals surface area contributed by atoms with Crippen molar-refractivity contribution >= 4 is 11.5 Å². The van der Waals surface area contributed by atoms with E-state index in [0.29, 0.717) is 16.9 Å². The summed E-state index contributed by atoms with van der Waals surface area (Å²) in [6.07, 6.45) is -0.601. The molecule has 2 aliphatic heterocycles. The minimum atomic E-state index is -0.675. The fourth-order valence-corrected chi connectivity index (χ4v) is 3.38. The molecule has 1 unspecified atom stereocenters. The van der Waals surface area contributed by atoms with Gasteiger partial charge >= 0.3 is 0 Å². The maximum absolute atomic E-state index is 13.4. The van der Waals surface area contributed by atoms with Crippen LogP contribution < -0.4 is 15.0 Å². The highest BCUT2D eigenvalue weighted by molar-refractivity contribution is 6.00. The monoisotopic (exact) mass is 344 g/mol. The largest absolute Gasteiger partial charge is 0.484 e. The lowest BCUT2D eigenvalue weighted by Crippen LogP contribution is -2.43. The van der Waals surface area contributed by atoms with Crippen LogP contribution in [0.2, 0.25) is 0 Å². The van der Waals surface area contributed by atoms with Crippen molar-refractivity contribution in [3.8, 4) is 5.75 Å². The molecule has 0 aromatic heterocycles. The molecule has 2 aromatic carbocycles. The van der Waals surface area contributed by atoms with E-state index < -0.39 is 17.7 Å². The molecule has 130 valence electrons. The van der Waals surface area contributed by atoms with Crippen molar-refractivity contribution in [3.63, 3.8) is 0 Å². The van der Waals surface area contributed by atoms with E-state index in [2.05, 4.69) is 10.2 Å². The second-order valence-electron chi connectivity index (χ2n) is 6.35. The van der Waals surface area contributed by atoms with Crippen molar-refractivity contribution in [1.29, 1.82) is 0 Å². The van der Waals surface area contributed by atoms with E-state index >= 15 is 0 Å². The number of fused-ring (bicyclic) bond motifs is 1. The van der Waals surface area contributed by atoms with Gasteiger partial charge in [-0.05, 0) is 35.9 Å². The first kappa shape index (κ1) is 16.0. The molecule has 2 heterocycles. The van der Waals surface area contributed by atoms with Crippen LogP contribution in [-0.2, 0) is 0 Å². The Labute approximate surface area is 144 Å². The number of benzene rings is 2. The van der Waals surface area contributed by atoms with Gasteiger partial charge in [0.1, 0.15) is 23.5 Å². The maximum atomic E-state index is 13.4. The SMILES string of the molecule is O=C1CC(c2cc(F)cc(F)c2)Oc2ccc(N3CCNCC3)cc21. The fourth-order valence-electron chi connectivity index (χ4n) is 3.38. The summed E-state index contributed by atoms with van der Waals surface area (Å²) in [5, 5.41) is 3.29. The minimum absolute atomic E-state index is 0.0703. The molecule has 6 heteroatoms. The first-order valence-electron chi connectivity index (χ1n) is 8.36. The zero-order valence-corrected chi connectivity index (χ0v) is 13.6.